The molecule has 2 nitrogen and oxygen atoms in total. The van der Waals surface area contributed by atoms with Gasteiger partial charge in [-0.2, -0.15) is 0 Å². The third-order valence-corrected chi connectivity index (χ3v) is 2.48. The molecule has 2 heteroatoms. The van der Waals surface area contributed by atoms with Crippen molar-refractivity contribution in [2.75, 3.05) is 0 Å². The molecule has 0 aromatic heterocycles. The van der Waals surface area contributed by atoms with E-state index in [2.05, 4.69) is 18.2 Å². The van der Waals surface area contributed by atoms with Crippen molar-refractivity contribution in [3.05, 3.63) is 53.4 Å². The van der Waals surface area contributed by atoms with Gasteiger partial charge in [0.25, 0.3) is 0 Å². The first-order valence-corrected chi connectivity index (χ1v) is 4.79. The Bertz CT molecular complexity index is 388. The molecule has 0 bridgehead atoms. The zero-order valence-corrected chi connectivity index (χ0v) is 8.03. The van der Waals surface area contributed by atoms with Crippen molar-refractivity contribution in [3.8, 4) is 0 Å². The molecule has 4 N–H and O–H groups in total. The zero-order chi connectivity index (χ0) is 9.97. The van der Waals surface area contributed by atoms with Gasteiger partial charge in [-0.05, 0) is 18.4 Å². The summed E-state index contributed by atoms with van der Waals surface area (Å²) in [5.74, 6) is 0. The minimum Gasteiger partial charge on any atom is -0.400 e. The third-order valence-electron chi connectivity index (χ3n) is 2.48. The molecule has 0 aliphatic heterocycles. The van der Waals surface area contributed by atoms with Crippen LogP contribution in [-0.2, 0) is 0 Å². The molecule has 0 saturated carbocycles. The maximum atomic E-state index is 5.94. The largest absolute Gasteiger partial charge is 0.400 e. The average molecular weight is 186 g/mol. The molecule has 1 aliphatic carbocycles. The van der Waals surface area contributed by atoms with Crippen LogP contribution in [0.3, 0.4) is 0 Å². The van der Waals surface area contributed by atoms with Crippen molar-refractivity contribution in [1.82, 2.24) is 0 Å². The van der Waals surface area contributed by atoms with Crippen LogP contribution >= 0.6 is 0 Å². The number of allylic oxidation sites excluding steroid dienone is 3. The van der Waals surface area contributed by atoms with Gasteiger partial charge in [-0.3, -0.25) is 0 Å². The Morgan fingerprint density at radius 3 is 2.43 bits per heavy atom. The second-order valence-electron chi connectivity index (χ2n) is 3.46. The van der Waals surface area contributed by atoms with Crippen LogP contribution < -0.4 is 11.5 Å². The minimum absolute atomic E-state index is 0.738. The van der Waals surface area contributed by atoms with Crippen LogP contribution in [0, 0.1) is 0 Å². The van der Waals surface area contributed by atoms with E-state index in [4.69, 9.17) is 11.5 Å². The van der Waals surface area contributed by atoms with E-state index >= 15 is 0 Å². The summed E-state index contributed by atoms with van der Waals surface area (Å²) in [6.07, 6.45) is 4.01. The van der Waals surface area contributed by atoms with Gasteiger partial charge in [-0.25, -0.2) is 0 Å². The van der Waals surface area contributed by atoms with Gasteiger partial charge in [-0.15, -0.1) is 0 Å². The molecule has 0 unspecified atom stereocenters. The van der Waals surface area contributed by atoms with E-state index in [1.54, 1.807) is 0 Å². The van der Waals surface area contributed by atoms with Crippen molar-refractivity contribution in [2.24, 2.45) is 11.5 Å². The highest BCUT2D eigenvalue weighted by Gasteiger charge is 2.11. The van der Waals surface area contributed by atoms with Crippen LogP contribution in [0.2, 0.25) is 0 Å². The molecule has 0 amide bonds. The van der Waals surface area contributed by atoms with Crippen LogP contribution in [0.5, 0.6) is 0 Å². The first kappa shape index (κ1) is 8.88. The average Bonchev–Trinajstić information content (AvgIpc) is 2.23. The van der Waals surface area contributed by atoms with Crippen LogP contribution in [0.4, 0.5) is 0 Å². The van der Waals surface area contributed by atoms with Gasteiger partial charge in [0.05, 0.1) is 5.70 Å². The van der Waals surface area contributed by atoms with Crippen LogP contribution in [0.25, 0.3) is 5.57 Å². The molecule has 0 fully saturated rings. The Morgan fingerprint density at radius 1 is 1.00 bits per heavy atom. The number of nitrogens with two attached hydrogens (primary N) is 2. The monoisotopic (exact) mass is 186 g/mol. The quantitative estimate of drug-likeness (QED) is 0.704. The molecule has 1 aromatic carbocycles. The fraction of sp³-hybridized carbons (Fsp3) is 0.167. The molecular weight excluding hydrogens is 172 g/mol. The maximum absolute atomic E-state index is 5.94. The van der Waals surface area contributed by atoms with Crippen molar-refractivity contribution in [3.63, 3.8) is 0 Å². The molecule has 72 valence electrons. The Hall–Kier alpha value is -1.70. The van der Waals surface area contributed by atoms with E-state index in [0.29, 0.717) is 0 Å². The summed E-state index contributed by atoms with van der Waals surface area (Å²) in [6.45, 7) is 0. The van der Waals surface area contributed by atoms with Crippen LogP contribution in [0.1, 0.15) is 18.4 Å². The second-order valence-corrected chi connectivity index (χ2v) is 3.46. The summed E-state index contributed by atoms with van der Waals surface area (Å²) in [4.78, 5) is 0. The molecule has 14 heavy (non-hydrogen) atoms. The highest BCUT2D eigenvalue weighted by Crippen LogP contribution is 2.26. The Kier molecular flexibility index (Phi) is 2.27. The molecule has 0 atom stereocenters. The van der Waals surface area contributed by atoms with Crippen LogP contribution in [-0.4, -0.2) is 0 Å². The Morgan fingerprint density at radius 2 is 1.71 bits per heavy atom. The van der Waals surface area contributed by atoms with Gasteiger partial charge in [0, 0.05) is 11.3 Å². The zero-order valence-electron chi connectivity index (χ0n) is 8.03. The van der Waals surface area contributed by atoms with E-state index in [1.165, 1.54) is 0 Å². The molecule has 0 spiro atoms. The number of hydrogen-bond acceptors (Lipinski definition) is 2. The molecule has 0 heterocycles. The normalized spacial score (nSPS) is 16.7. The Labute approximate surface area is 83.9 Å². The van der Waals surface area contributed by atoms with Crippen molar-refractivity contribution in [2.45, 2.75) is 12.8 Å². The van der Waals surface area contributed by atoms with E-state index in [9.17, 15) is 0 Å². The van der Waals surface area contributed by atoms with Gasteiger partial charge < -0.3 is 11.5 Å². The predicted molar refractivity (Wildman–Crippen MR) is 59.1 cm³/mol. The van der Waals surface area contributed by atoms with Crippen LogP contribution in [0.15, 0.2) is 47.8 Å². The van der Waals surface area contributed by atoms with E-state index in [0.717, 1.165) is 35.4 Å². The summed E-state index contributed by atoms with van der Waals surface area (Å²) < 4.78 is 0. The van der Waals surface area contributed by atoms with Gasteiger partial charge >= 0.3 is 0 Å². The summed E-state index contributed by atoms with van der Waals surface area (Å²) in [5, 5.41) is 0. The topological polar surface area (TPSA) is 52.0 Å². The minimum atomic E-state index is 0.738. The number of hydrogen-bond donors (Lipinski definition) is 2. The van der Waals surface area contributed by atoms with E-state index in [1.807, 2.05) is 18.2 Å². The fourth-order valence-corrected chi connectivity index (χ4v) is 1.68. The number of benzene rings is 1. The highest BCUT2D eigenvalue weighted by atomic mass is 14.7. The molecule has 1 aliphatic rings. The van der Waals surface area contributed by atoms with Crippen molar-refractivity contribution < 1.29 is 0 Å². The van der Waals surface area contributed by atoms with E-state index < -0.39 is 0 Å². The Balaban J connectivity index is 2.41. The SMILES string of the molecule is NC1=C(N)C(c2ccccc2)=CCC1. The summed E-state index contributed by atoms with van der Waals surface area (Å²) in [7, 11) is 0. The second kappa shape index (κ2) is 3.58. The lowest BCUT2D eigenvalue weighted by molar-refractivity contribution is 0.922. The molecule has 2 rings (SSSR count). The van der Waals surface area contributed by atoms with Crippen molar-refractivity contribution in [1.29, 1.82) is 0 Å². The van der Waals surface area contributed by atoms with Crippen molar-refractivity contribution >= 4 is 5.57 Å². The van der Waals surface area contributed by atoms with Gasteiger partial charge in [0.15, 0.2) is 0 Å². The predicted octanol–water partition coefficient (Wildman–Crippen LogP) is 1.99. The van der Waals surface area contributed by atoms with Gasteiger partial charge in [-0.1, -0.05) is 36.4 Å². The lowest BCUT2D eigenvalue weighted by Gasteiger charge is -2.16. The smallest absolute Gasteiger partial charge is 0.0581 e. The van der Waals surface area contributed by atoms with Gasteiger partial charge in [0.1, 0.15) is 0 Å². The molecule has 1 aromatic rings. The molecule has 0 saturated heterocycles. The standard InChI is InChI=1S/C12H14N2/c13-11-8-4-7-10(12(11)14)9-5-2-1-3-6-9/h1-3,5-7H,4,8,13-14H2. The first-order valence-electron chi connectivity index (χ1n) is 4.79. The highest BCUT2D eigenvalue weighted by molar-refractivity contribution is 5.79. The van der Waals surface area contributed by atoms with E-state index in [-0.39, 0.29) is 0 Å². The number of rotatable bonds is 1. The molecular formula is C12H14N2. The summed E-state index contributed by atoms with van der Waals surface area (Å²) in [5.41, 5.74) is 15.5. The lowest BCUT2D eigenvalue weighted by atomic mass is 9.95. The lowest BCUT2D eigenvalue weighted by Crippen LogP contribution is -2.14. The fourth-order valence-electron chi connectivity index (χ4n) is 1.68. The molecule has 0 radical (unpaired) electrons. The third kappa shape index (κ3) is 1.51. The first-order chi connectivity index (χ1) is 6.79. The van der Waals surface area contributed by atoms with Gasteiger partial charge in [0.2, 0.25) is 0 Å². The summed E-state index contributed by atoms with van der Waals surface area (Å²) in [6, 6.07) is 10.1. The summed E-state index contributed by atoms with van der Waals surface area (Å²) >= 11 is 0. The maximum Gasteiger partial charge on any atom is 0.0581 e.